The van der Waals surface area contributed by atoms with Crippen LogP contribution in [-0.2, 0) is 12.2 Å². The Hall–Kier alpha value is -2.26. The minimum absolute atomic E-state index is 0.256. The summed E-state index contributed by atoms with van der Waals surface area (Å²) >= 11 is 3.62. The van der Waals surface area contributed by atoms with E-state index in [1.165, 1.54) is 16.7 Å². The molecule has 2 atom stereocenters. The van der Waals surface area contributed by atoms with E-state index in [4.69, 9.17) is 9.47 Å². The number of rotatable bonds is 2. The zero-order valence-corrected chi connectivity index (χ0v) is 16.1. The van der Waals surface area contributed by atoms with E-state index in [2.05, 4.69) is 59.3 Å². The Kier molecular flexibility index (Phi) is 3.61. The standard InChI is InChI=1S/C23H19BrO2/c1-2-15-8-10-21-18(12-15)20-14-23(25-21,16-6-4-3-5-7-16)26-22-11-9-17(24)13-19(20)22/h3-13,20H,2,14H2,1H3. The highest BCUT2D eigenvalue weighted by molar-refractivity contribution is 9.10. The molecule has 3 aromatic rings. The van der Waals surface area contributed by atoms with Crippen LogP contribution in [0.3, 0.4) is 0 Å². The van der Waals surface area contributed by atoms with Crippen molar-refractivity contribution in [1.82, 2.24) is 0 Å². The van der Waals surface area contributed by atoms with Crippen molar-refractivity contribution in [2.45, 2.75) is 31.5 Å². The normalized spacial score (nSPS) is 22.6. The molecule has 2 heterocycles. The van der Waals surface area contributed by atoms with Gasteiger partial charge in [-0.1, -0.05) is 65.3 Å². The highest BCUT2D eigenvalue weighted by Gasteiger charge is 2.49. The van der Waals surface area contributed by atoms with Crippen molar-refractivity contribution in [2.24, 2.45) is 0 Å². The molecular formula is C23H19BrO2. The van der Waals surface area contributed by atoms with Crippen LogP contribution in [0.4, 0.5) is 0 Å². The Morgan fingerprint density at radius 1 is 0.923 bits per heavy atom. The molecule has 2 aliphatic heterocycles. The van der Waals surface area contributed by atoms with Crippen LogP contribution in [0.25, 0.3) is 0 Å². The van der Waals surface area contributed by atoms with Crippen LogP contribution in [0.2, 0.25) is 0 Å². The molecule has 2 unspecified atom stereocenters. The smallest absolute Gasteiger partial charge is 0.278 e. The molecule has 0 aliphatic carbocycles. The Labute approximate surface area is 161 Å². The van der Waals surface area contributed by atoms with E-state index in [-0.39, 0.29) is 5.92 Å². The number of aryl methyl sites for hydroxylation is 1. The van der Waals surface area contributed by atoms with Crippen molar-refractivity contribution in [1.29, 1.82) is 0 Å². The van der Waals surface area contributed by atoms with Gasteiger partial charge in [-0.2, -0.15) is 0 Å². The van der Waals surface area contributed by atoms with Crippen LogP contribution in [0, 0.1) is 0 Å². The minimum atomic E-state index is -0.770. The van der Waals surface area contributed by atoms with E-state index in [1.54, 1.807) is 0 Å². The number of fused-ring (bicyclic) bond motifs is 6. The van der Waals surface area contributed by atoms with Gasteiger partial charge in [-0.15, -0.1) is 0 Å². The highest BCUT2D eigenvalue weighted by Crippen LogP contribution is 2.55. The van der Waals surface area contributed by atoms with Gasteiger partial charge in [0.05, 0.1) is 0 Å². The molecule has 130 valence electrons. The van der Waals surface area contributed by atoms with Crippen LogP contribution in [0.15, 0.2) is 71.2 Å². The van der Waals surface area contributed by atoms with Crippen molar-refractivity contribution in [3.8, 4) is 11.5 Å². The van der Waals surface area contributed by atoms with Crippen LogP contribution < -0.4 is 9.47 Å². The van der Waals surface area contributed by atoms with Gasteiger partial charge in [-0.25, -0.2) is 0 Å². The maximum absolute atomic E-state index is 6.53. The van der Waals surface area contributed by atoms with Gasteiger partial charge in [0.2, 0.25) is 0 Å². The Morgan fingerprint density at radius 2 is 1.62 bits per heavy atom. The van der Waals surface area contributed by atoms with Crippen molar-refractivity contribution in [2.75, 3.05) is 0 Å². The monoisotopic (exact) mass is 406 g/mol. The van der Waals surface area contributed by atoms with Gasteiger partial charge in [0.15, 0.2) is 0 Å². The molecule has 2 aliphatic rings. The van der Waals surface area contributed by atoms with Crippen LogP contribution in [0.5, 0.6) is 11.5 Å². The number of benzene rings is 3. The first kappa shape index (κ1) is 16.0. The first-order valence-corrected chi connectivity index (χ1v) is 9.84. The summed E-state index contributed by atoms with van der Waals surface area (Å²) in [5, 5.41) is 0. The summed E-state index contributed by atoms with van der Waals surface area (Å²) in [6, 6.07) is 23.1. The zero-order valence-electron chi connectivity index (χ0n) is 14.5. The fourth-order valence-corrected chi connectivity index (χ4v) is 4.49. The lowest BCUT2D eigenvalue weighted by molar-refractivity contribution is -0.148. The number of hydrogen-bond acceptors (Lipinski definition) is 2. The van der Waals surface area contributed by atoms with Crippen LogP contribution >= 0.6 is 15.9 Å². The third-order valence-corrected chi connectivity index (χ3v) is 5.93. The van der Waals surface area contributed by atoms with Gasteiger partial charge in [0.25, 0.3) is 5.79 Å². The van der Waals surface area contributed by atoms with Crippen molar-refractivity contribution < 1.29 is 9.47 Å². The summed E-state index contributed by atoms with van der Waals surface area (Å²) in [4.78, 5) is 0. The van der Waals surface area contributed by atoms with Gasteiger partial charge in [0.1, 0.15) is 11.5 Å². The second-order valence-electron chi connectivity index (χ2n) is 6.99. The molecule has 0 saturated carbocycles. The predicted molar refractivity (Wildman–Crippen MR) is 106 cm³/mol. The first-order chi connectivity index (χ1) is 12.7. The van der Waals surface area contributed by atoms with Gasteiger partial charge in [-0.3, -0.25) is 0 Å². The van der Waals surface area contributed by atoms with Crippen LogP contribution in [-0.4, -0.2) is 0 Å². The van der Waals surface area contributed by atoms with Crippen molar-refractivity contribution in [3.63, 3.8) is 0 Å². The molecule has 3 heteroatoms. The van der Waals surface area contributed by atoms with Gasteiger partial charge < -0.3 is 9.47 Å². The molecule has 0 aromatic heterocycles. The highest BCUT2D eigenvalue weighted by atomic mass is 79.9. The molecule has 0 spiro atoms. The molecule has 5 rings (SSSR count). The average Bonchev–Trinajstić information content (AvgIpc) is 2.69. The molecule has 0 radical (unpaired) electrons. The van der Waals surface area contributed by atoms with Gasteiger partial charge in [-0.05, 0) is 36.2 Å². The molecule has 0 N–H and O–H groups in total. The molecule has 26 heavy (non-hydrogen) atoms. The fourth-order valence-electron chi connectivity index (χ4n) is 4.11. The molecule has 0 fully saturated rings. The summed E-state index contributed by atoms with van der Waals surface area (Å²) in [6.07, 6.45) is 1.80. The minimum Gasteiger partial charge on any atom is -0.448 e. The van der Waals surface area contributed by atoms with E-state index < -0.39 is 5.79 Å². The van der Waals surface area contributed by atoms with Gasteiger partial charge in [0, 0.05) is 33.5 Å². The lowest BCUT2D eigenvalue weighted by atomic mass is 9.78. The van der Waals surface area contributed by atoms with E-state index in [0.717, 1.165) is 34.4 Å². The summed E-state index contributed by atoms with van der Waals surface area (Å²) in [5.41, 5.74) is 4.88. The Morgan fingerprint density at radius 3 is 2.35 bits per heavy atom. The molecule has 0 saturated heterocycles. The SMILES string of the molecule is CCc1ccc2c(c1)C1CC(c3ccccc3)(Oc3ccc(Br)cc31)O2. The molecule has 3 aromatic carbocycles. The topological polar surface area (TPSA) is 18.5 Å². The lowest BCUT2D eigenvalue weighted by Crippen LogP contribution is -2.46. The Bertz CT molecular complexity index is 983. The van der Waals surface area contributed by atoms with E-state index in [9.17, 15) is 0 Å². The summed E-state index contributed by atoms with van der Waals surface area (Å²) < 4.78 is 14.1. The Balaban J connectivity index is 1.75. The van der Waals surface area contributed by atoms with Gasteiger partial charge >= 0.3 is 0 Å². The lowest BCUT2D eigenvalue weighted by Gasteiger charge is -2.46. The van der Waals surface area contributed by atoms with E-state index in [1.807, 2.05) is 30.3 Å². The van der Waals surface area contributed by atoms with Crippen molar-refractivity contribution in [3.05, 3.63) is 93.5 Å². The zero-order chi connectivity index (χ0) is 17.7. The second-order valence-corrected chi connectivity index (χ2v) is 7.90. The summed E-state index contributed by atoms with van der Waals surface area (Å²) in [7, 11) is 0. The summed E-state index contributed by atoms with van der Waals surface area (Å²) in [6.45, 7) is 2.19. The third kappa shape index (κ3) is 2.38. The summed E-state index contributed by atoms with van der Waals surface area (Å²) in [5.74, 6) is 1.31. The predicted octanol–water partition coefficient (Wildman–Crippen LogP) is 6.17. The average molecular weight is 407 g/mol. The third-order valence-electron chi connectivity index (χ3n) is 5.44. The first-order valence-electron chi connectivity index (χ1n) is 9.04. The maximum atomic E-state index is 6.53. The fraction of sp³-hybridized carbons (Fsp3) is 0.217. The van der Waals surface area contributed by atoms with E-state index in [0.29, 0.717) is 0 Å². The maximum Gasteiger partial charge on any atom is 0.278 e. The molecular weight excluding hydrogens is 388 g/mol. The molecule has 2 bridgehead atoms. The number of halogens is 1. The molecule has 2 nitrogen and oxygen atoms in total. The second kappa shape index (κ2) is 5.88. The largest absolute Gasteiger partial charge is 0.448 e. The van der Waals surface area contributed by atoms with E-state index >= 15 is 0 Å². The number of ether oxygens (including phenoxy) is 2. The molecule has 0 amide bonds. The van der Waals surface area contributed by atoms with Crippen molar-refractivity contribution >= 4 is 15.9 Å². The number of hydrogen-bond donors (Lipinski definition) is 0. The van der Waals surface area contributed by atoms with Crippen LogP contribution in [0.1, 0.15) is 41.5 Å². The quantitative estimate of drug-likeness (QED) is 0.506.